The van der Waals surface area contributed by atoms with Crippen molar-refractivity contribution in [1.29, 1.82) is 0 Å². The molecule has 4 rings (SSSR count). The van der Waals surface area contributed by atoms with E-state index in [1.54, 1.807) is 16.7 Å². The van der Waals surface area contributed by atoms with Crippen molar-refractivity contribution < 1.29 is 18.6 Å². The van der Waals surface area contributed by atoms with Crippen molar-refractivity contribution in [2.75, 3.05) is 26.4 Å². The minimum Gasteiger partial charge on any atom is -0.491 e. The van der Waals surface area contributed by atoms with Crippen LogP contribution in [0.4, 0.5) is 4.39 Å². The van der Waals surface area contributed by atoms with Crippen LogP contribution in [-0.2, 0) is 9.47 Å². The van der Waals surface area contributed by atoms with Gasteiger partial charge < -0.3 is 14.2 Å². The zero-order chi connectivity index (χ0) is 17.8. The van der Waals surface area contributed by atoms with Crippen molar-refractivity contribution in [3.05, 3.63) is 54.6 Å². The third kappa shape index (κ3) is 3.86. The smallest absolute Gasteiger partial charge is 0.139 e. The van der Waals surface area contributed by atoms with E-state index in [9.17, 15) is 4.39 Å². The third-order valence-corrected chi connectivity index (χ3v) is 4.49. The zero-order valence-electron chi connectivity index (χ0n) is 14.4. The largest absolute Gasteiger partial charge is 0.491 e. The monoisotopic (exact) mass is 356 g/mol. The Kier molecular flexibility index (Phi) is 5.13. The van der Waals surface area contributed by atoms with Gasteiger partial charge in [0.1, 0.15) is 23.8 Å². The fraction of sp³-hybridized carbons (Fsp3) is 0.350. The molecule has 136 valence electrons. The quantitative estimate of drug-likeness (QED) is 0.632. The Morgan fingerprint density at radius 3 is 2.69 bits per heavy atom. The molecular weight excluding hydrogens is 335 g/mol. The first-order valence-electron chi connectivity index (χ1n) is 8.85. The molecule has 2 aromatic heterocycles. The lowest BCUT2D eigenvalue weighted by Gasteiger charge is -2.22. The highest BCUT2D eigenvalue weighted by molar-refractivity contribution is 5.64. The lowest BCUT2D eigenvalue weighted by molar-refractivity contribution is -0.0388. The number of aromatic nitrogens is 2. The normalized spacial score (nSPS) is 15.4. The van der Waals surface area contributed by atoms with E-state index < -0.39 is 0 Å². The third-order valence-electron chi connectivity index (χ3n) is 4.49. The number of ether oxygens (including phenoxy) is 3. The Balaban J connectivity index is 1.35. The Hall–Kier alpha value is -2.44. The average Bonchev–Trinajstić information content (AvgIpc) is 3.09. The van der Waals surface area contributed by atoms with Crippen molar-refractivity contribution >= 4 is 5.65 Å². The topological polar surface area (TPSA) is 45.0 Å². The minimum atomic E-state index is -0.291. The summed E-state index contributed by atoms with van der Waals surface area (Å²) < 4.78 is 32.1. The molecule has 1 aliphatic heterocycles. The van der Waals surface area contributed by atoms with Gasteiger partial charge in [0, 0.05) is 25.0 Å². The van der Waals surface area contributed by atoms with Crippen molar-refractivity contribution in [1.82, 2.24) is 9.38 Å². The molecule has 1 aliphatic rings. The maximum Gasteiger partial charge on any atom is 0.139 e. The summed E-state index contributed by atoms with van der Waals surface area (Å²) in [6, 6.07) is 10.8. The van der Waals surface area contributed by atoms with Crippen LogP contribution in [0.1, 0.15) is 12.8 Å². The highest BCUT2D eigenvalue weighted by Gasteiger charge is 2.13. The second kappa shape index (κ2) is 7.85. The molecule has 3 heterocycles. The summed E-state index contributed by atoms with van der Waals surface area (Å²) in [5.74, 6) is 0.491. The molecule has 0 N–H and O–H groups in total. The molecular formula is C20H21FN2O3. The van der Waals surface area contributed by atoms with Crippen LogP contribution in [0.5, 0.6) is 5.75 Å². The first-order chi connectivity index (χ1) is 12.8. The van der Waals surface area contributed by atoms with Gasteiger partial charge in [-0.3, -0.25) is 4.40 Å². The lowest BCUT2D eigenvalue weighted by Crippen LogP contribution is -2.25. The van der Waals surface area contributed by atoms with E-state index in [0.717, 1.165) is 43.1 Å². The van der Waals surface area contributed by atoms with Crippen LogP contribution in [-0.4, -0.2) is 41.9 Å². The molecule has 0 radical (unpaired) electrons. The molecule has 0 amide bonds. The molecule has 5 nitrogen and oxygen atoms in total. The summed E-state index contributed by atoms with van der Waals surface area (Å²) in [7, 11) is 0. The summed E-state index contributed by atoms with van der Waals surface area (Å²) in [5.41, 5.74) is 2.51. The molecule has 0 unspecified atom stereocenters. The summed E-state index contributed by atoms with van der Waals surface area (Å²) in [6.45, 7) is 2.64. The van der Waals surface area contributed by atoms with Crippen LogP contribution in [0.2, 0.25) is 0 Å². The van der Waals surface area contributed by atoms with Gasteiger partial charge >= 0.3 is 0 Å². The Morgan fingerprint density at radius 2 is 1.88 bits per heavy atom. The average molecular weight is 356 g/mol. The molecule has 1 aromatic carbocycles. The van der Waals surface area contributed by atoms with Crippen LogP contribution >= 0.6 is 0 Å². The van der Waals surface area contributed by atoms with E-state index in [2.05, 4.69) is 4.98 Å². The Bertz CT molecular complexity index is 857. The first kappa shape index (κ1) is 17.0. The van der Waals surface area contributed by atoms with Gasteiger partial charge in [-0.15, -0.1) is 0 Å². The molecule has 3 aromatic rings. The highest BCUT2D eigenvalue weighted by Crippen LogP contribution is 2.24. The SMILES string of the molecule is Fc1ccc2ncc(-c3ccc(OCCOC4CCOCC4)cc3)n2c1. The second-order valence-electron chi connectivity index (χ2n) is 6.27. The molecule has 0 atom stereocenters. The van der Waals surface area contributed by atoms with Crippen molar-refractivity contribution in [3.8, 4) is 17.0 Å². The Morgan fingerprint density at radius 1 is 1.08 bits per heavy atom. The van der Waals surface area contributed by atoms with Gasteiger partial charge in [0.2, 0.25) is 0 Å². The van der Waals surface area contributed by atoms with Gasteiger partial charge in [-0.2, -0.15) is 0 Å². The summed E-state index contributed by atoms with van der Waals surface area (Å²) >= 11 is 0. The summed E-state index contributed by atoms with van der Waals surface area (Å²) in [4.78, 5) is 4.30. The van der Waals surface area contributed by atoms with Gasteiger partial charge in [-0.25, -0.2) is 9.37 Å². The minimum absolute atomic E-state index is 0.283. The van der Waals surface area contributed by atoms with E-state index in [1.807, 2.05) is 24.3 Å². The summed E-state index contributed by atoms with van der Waals surface area (Å²) in [5, 5.41) is 0. The maximum atomic E-state index is 13.5. The number of rotatable bonds is 6. The van der Waals surface area contributed by atoms with Gasteiger partial charge in [-0.1, -0.05) is 0 Å². The second-order valence-corrected chi connectivity index (χ2v) is 6.27. The molecule has 0 spiro atoms. The number of fused-ring (bicyclic) bond motifs is 1. The number of imidazole rings is 1. The van der Waals surface area contributed by atoms with Crippen LogP contribution < -0.4 is 4.74 Å². The van der Waals surface area contributed by atoms with Gasteiger partial charge in [-0.05, 0) is 49.2 Å². The van der Waals surface area contributed by atoms with Gasteiger partial charge in [0.25, 0.3) is 0 Å². The number of hydrogen-bond donors (Lipinski definition) is 0. The van der Waals surface area contributed by atoms with Crippen molar-refractivity contribution in [2.24, 2.45) is 0 Å². The lowest BCUT2D eigenvalue weighted by atomic mass is 10.1. The van der Waals surface area contributed by atoms with E-state index in [1.165, 1.54) is 12.3 Å². The predicted molar refractivity (Wildman–Crippen MR) is 95.9 cm³/mol. The molecule has 0 bridgehead atoms. The zero-order valence-corrected chi connectivity index (χ0v) is 14.4. The number of nitrogens with zero attached hydrogens (tertiary/aromatic N) is 2. The highest BCUT2D eigenvalue weighted by atomic mass is 19.1. The number of halogens is 1. The van der Waals surface area contributed by atoms with Crippen molar-refractivity contribution in [3.63, 3.8) is 0 Å². The van der Waals surface area contributed by atoms with E-state index in [0.29, 0.717) is 18.9 Å². The van der Waals surface area contributed by atoms with E-state index in [4.69, 9.17) is 14.2 Å². The molecule has 0 aliphatic carbocycles. The van der Waals surface area contributed by atoms with Gasteiger partial charge in [0.15, 0.2) is 0 Å². The van der Waals surface area contributed by atoms with E-state index >= 15 is 0 Å². The molecule has 1 fully saturated rings. The fourth-order valence-electron chi connectivity index (χ4n) is 3.11. The predicted octanol–water partition coefficient (Wildman–Crippen LogP) is 3.71. The molecule has 1 saturated heterocycles. The number of pyridine rings is 1. The standard InChI is InChI=1S/C20H21FN2O3/c21-16-3-6-20-22-13-19(23(20)14-16)15-1-4-17(5-2-15)25-11-12-26-18-7-9-24-10-8-18/h1-6,13-14,18H,7-12H2. The van der Waals surface area contributed by atoms with Crippen LogP contribution in [0.15, 0.2) is 48.8 Å². The van der Waals surface area contributed by atoms with E-state index in [-0.39, 0.29) is 11.9 Å². The van der Waals surface area contributed by atoms with Crippen LogP contribution in [0, 0.1) is 5.82 Å². The maximum absolute atomic E-state index is 13.5. The molecule has 0 saturated carbocycles. The Labute approximate surface area is 151 Å². The number of benzene rings is 1. The van der Waals surface area contributed by atoms with Crippen LogP contribution in [0.3, 0.4) is 0 Å². The van der Waals surface area contributed by atoms with Crippen molar-refractivity contribution in [2.45, 2.75) is 18.9 Å². The fourth-order valence-corrected chi connectivity index (χ4v) is 3.11. The summed E-state index contributed by atoms with van der Waals surface area (Å²) in [6.07, 6.45) is 5.37. The molecule has 6 heteroatoms. The number of hydrogen-bond acceptors (Lipinski definition) is 4. The molecule has 26 heavy (non-hydrogen) atoms. The van der Waals surface area contributed by atoms with Crippen LogP contribution in [0.25, 0.3) is 16.9 Å². The van der Waals surface area contributed by atoms with Gasteiger partial charge in [0.05, 0.1) is 24.6 Å². The first-order valence-corrected chi connectivity index (χ1v) is 8.85.